The van der Waals surface area contributed by atoms with Crippen molar-refractivity contribution < 1.29 is 14.6 Å². The zero-order valence-corrected chi connectivity index (χ0v) is 8.67. The lowest BCUT2D eigenvalue weighted by atomic mass is 9.66. The Kier molecular flexibility index (Phi) is 1.80. The van der Waals surface area contributed by atoms with Crippen LogP contribution in [0.25, 0.3) is 0 Å². The van der Waals surface area contributed by atoms with Gasteiger partial charge in [0.15, 0.2) is 0 Å². The largest absolute Gasteiger partial charge is 0.465 e. The number of esters is 1. The van der Waals surface area contributed by atoms with Gasteiger partial charge in [0.2, 0.25) is 0 Å². The van der Waals surface area contributed by atoms with Crippen molar-refractivity contribution >= 4 is 5.97 Å². The van der Waals surface area contributed by atoms with E-state index in [-0.39, 0.29) is 11.4 Å². The number of hydrogen-bond acceptors (Lipinski definition) is 3. The van der Waals surface area contributed by atoms with Crippen LogP contribution in [0, 0.1) is 10.8 Å². The molecule has 14 heavy (non-hydrogen) atoms. The minimum absolute atomic E-state index is 0.166. The third-order valence-corrected chi connectivity index (χ3v) is 4.10. The first-order valence-corrected chi connectivity index (χ1v) is 4.96. The summed E-state index contributed by atoms with van der Waals surface area (Å²) in [6.07, 6.45) is 0.614. The molecule has 2 rings (SSSR count). The van der Waals surface area contributed by atoms with E-state index in [9.17, 15) is 9.90 Å². The van der Waals surface area contributed by atoms with E-state index in [1.807, 2.05) is 13.8 Å². The number of aliphatic hydroxyl groups excluding tert-OH is 1. The number of aliphatic hydroxyl groups is 1. The van der Waals surface area contributed by atoms with Gasteiger partial charge in [-0.15, -0.1) is 0 Å². The van der Waals surface area contributed by atoms with Gasteiger partial charge in [0.25, 0.3) is 0 Å². The number of carbonyl (C=O) groups excluding carboxylic acids is 1. The zero-order chi connectivity index (χ0) is 10.6. The molecule has 1 aliphatic heterocycles. The van der Waals surface area contributed by atoms with E-state index in [4.69, 9.17) is 4.74 Å². The molecule has 0 aromatic heterocycles. The zero-order valence-electron chi connectivity index (χ0n) is 8.67. The molecule has 3 heteroatoms. The Morgan fingerprint density at radius 1 is 1.57 bits per heavy atom. The van der Waals surface area contributed by atoms with Crippen LogP contribution in [-0.4, -0.2) is 23.8 Å². The molecule has 3 nitrogen and oxygen atoms in total. The maximum absolute atomic E-state index is 11.7. The summed E-state index contributed by atoms with van der Waals surface area (Å²) in [5, 5.41) is 9.77. The molecule has 1 heterocycles. The van der Waals surface area contributed by atoms with Gasteiger partial charge in [-0.2, -0.15) is 0 Å². The van der Waals surface area contributed by atoms with E-state index >= 15 is 0 Å². The Morgan fingerprint density at radius 3 is 2.57 bits per heavy atom. The Labute approximate surface area is 83.8 Å². The summed E-state index contributed by atoms with van der Waals surface area (Å²) in [4.78, 5) is 11.7. The first-order chi connectivity index (χ1) is 6.42. The third kappa shape index (κ3) is 0.883. The van der Waals surface area contributed by atoms with Gasteiger partial charge in [0.05, 0.1) is 18.1 Å². The molecule has 0 radical (unpaired) electrons. The highest BCUT2D eigenvalue weighted by atomic mass is 16.5. The van der Waals surface area contributed by atoms with Crippen molar-refractivity contribution in [1.82, 2.24) is 0 Å². The van der Waals surface area contributed by atoms with Gasteiger partial charge in [-0.25, -0.2) is 0 Å². The van der Waals surface area contributed by atoms with Crippen LogP contribution < -0.4 is 0 Å². The van der Waals surface area contributed by atoms with Gasteiger partial charge in [0.1, 0.15) is 0 Å². The fraction of sp³-hybridized carbons (Fsp3) is 0.727. The molecule has 1 saturated carbocycles. The van der Waals surface area contributed by atoms with Gasteiger partial charge < -0.3 is 9.84 Å². The summed E-state index contributed by atoms with van der Waals surface area (Å²) in [5.74, 6) is -0.166. The Morgan fingerprint density at radius 2 is 2.21 bits per heavy atom. The van der Waals surface area contributed by atoms with Gasteiger partial charge in [-0.1, -0.05) is 20.4 Å². The first kappa shape index (κ1) is 9.71. The Hall–Kier alpha value is -0.830. The number of carbonyl (C=O) groups is 1. The molecule has 2 aliphatic rings. The average molecular weight is 196 g/mol. The summed E-state index contributed by atoms with van der Waals surface area (Å²) < 4.78 is 5.03. The SMILES string of the molecule is C=C1C(O)C[C@]2(CCOC2=O)C1(C)C. The molecule has 2 atom stereocenters. The van der Waals surface area contributed by atoms with Crippen LogP contribution in [0.2, 0.25) is 0 Å². The van der Waals surface area contributed by atoms with Crippen LogP contribution >= 0.6 is 0 Å². The number of rotatable bonds is 0. The van der Waals surface area contributed by atoms with Gasteiger partial charge in [0, 0.05) is 5.41 Å². The summed E-state index contributed by atoms with van der Waals surface area (Å²) in [6.45, 7) is 8.30. The van der Waals surface area contributed by atoms with Crippen molar-refractivity contribution in [2.45, 2.75) is 32.8 Å². The van der Waals surface area contributed by atoms with E-state index in [0.717, 1.165) is 5.57 Å². The van der Waals surface area contributed by atoms with Crippen LogP contribution in [0.5, 0.6) is 0 Å². The lowest BCUT2D eigenvalue weighted by molar-refractivity contribution is -0.150. The van der Waals surface area contributed by atoms with Gasteiger partial charge >= 0.3 is 5.97 Å². The van der Waals surface area contributed by atoms with Gasteiger partial charge in [-0.3, -0.25) is 4.79 Å². The predicted molar refractivity (Wildman–Crippen MR) is 51.6 cm³/mol. The minimum atomic E-state index is -0.560. The minimum Gasteiger partial charge on any atom is -0.465 e. The standard InChI is InChI=1S/C11H16O3/c1-7-8(12)6-11(10(7,2)3)4-5-14-9(11)13/h8,12H,1,4-6H2,2-3H3/t8?,11-/m0/s1. The van der Waals surface area contributed by atoms with Crippen molar-refractivity contribution in [3.63, 3.8) is 0 Å². The maximum atomic E-state index is 11.7. The second-order valence-corrected chi connectivity index (χ2v) is 4.84. The van der Waals surface area contributed by atoms with E-state index in [1.54, 1.807) is 0 Å². The lowest BCUT2D eigenvalue weighted by Crippen LogP contribution is -2.37. The third-order valence-electron chi connectivity index (χ3n) is 4.10. The molecule has 2 fully saturated rings. The van der Waals surface area contributed by atoms with Crippen molar-refractivity contribution in [2.24, 2.45) is 10.8 Å². The molecule has 0 amide bonds. The second-order valence-electron chi connectivity index (χ2n) is 4.84. The molecule has 1 N–H and O–H groups in total. The number of cyclic esters (lactones) is 1. The highest BCUT2D eigenvalue weighted by Crippen LogP contribution is 2.59. The van der Waals surface area contributed by atoms with E-state index in [2.05, 4.69) is 6.58 Å². The molecule has 1 aliphatic carbocycles. The van der Waals surface area contributed by atoms with Crippen molar-refractivity contribution in [2.75, 3.05) is 6.61 Å². The summed E-state index contributed by atoms with van der Waals surface area (Å²) in [6, 6.07) is 0. The van der Waals surface area contributed by atoms with Crippen molar-refractivity contribution in [3.8, 4) is 0 Å². The highest BCUT2D eigenvalue weighted by molar-refractivity contribution is 5.81. The quantitative estimate of drug-likeness (QED) is 0.468. The highest BCUT2D eigenvalue weighted by Gasteiger charge is 2.62. The monoisotopic (exact) mass is 196 g/mol. The fourth-order valence-electron chi connectivity index (χ4n) is 2.74. The molecule has 78 valence electrons. The maximum Gasteiger partial charge on any atom is 0.313 e. The predicted octanol–water partition coefficient (Wildman–Crippen LogP) is 1.27. The Bertz CT molecular complexity index is 306. The Balaban J connectivity index is 2.46. The average Bonchev–Trinajstić information content (AvgIpc) is 2.53. The van der Waals surface area contributed by atoms with E-state index in [1.165, 1.54) is 0 Å². The van der Waals surface area contributed by atoms with Crippen LogP contribution in [0.3, 0.4) is 0 Å². The molecule has 1 saturated heterocycles. The second kappa shape index (κ2) is 2.60. The van der Waals surface area contributed by atoms with Crippen molar-refractivity contribution in [3.05, 3.63) is 12.2 Å². The molecule has 0 aromatic carbocycles. The summed E-state index contributed by atoms with van der Waals surface area (Å²) >= 11 is 0. The van der Waals surface area contributed by atoms with Crippen LogP contribution in [0.4, 0.5) is 0 Å². The van der Waals surface area contributed by atoms with Gasteiger partial charge in [-0.05, 0) is 18.4 Å². The van der Waals surface area contributed by atoms with Crippen LogP contribution in [0.15, 0.2) is 12.2 Å². The fourth-order valence-corrected chi connectivity index (χ4v) is 2.74. The van der Waals surface area contributed by atoms with E-state index in [0.29, 0.717) is 19.4 Å². The molecular weight excluding hydrogens is 180 g/mol. The van der Waals surface area contributed by atoms with Crippen molar-refractivity contribution in [1.29, 1.82) is 0 Å². The molecular formula is C11H16O3. The number of hydrogen-bond donors (Lipinski definition) is 1. The smallest absolute Gasteiger partial charge is 0.313 e. The molecule has 0 aromatic rings. The number of ether oxygens (including phenoxy) is 1. The topological polar surface area (TPSA) is 46.5 Å². The van der Waals surface area contributed by atoms with Crippen LogP contribution in [0.1, 0.15) is 26.7 Å². The lowest BCUT2D eigenvalue weighted by Gasteiger charge is -2.34. The normalized spacial score (nSPS) is 40.6. The molecule has 1 unspecified atom stereocenters. The summed E-state index contributed by atoms with van der Waals surface area (Å²) in [5.41, 5.74) is -0.111. The summed E-state index contributed by atoms with van der Waals surface area (Å²) in [7, 11) is 0. The van der Waals surface area contributed by atoms with E-state index < -0.39 is 11.5 Å². The molecule has 1 spiro atoms. The van der Waals surface area contributed by atoms with Crippen LogP contribution in [-0.2, 0) is 9.53 Å². The first-order valence-electron chi connectivity index (χ1n) is 4.96. The molecule has 0 bridgehead atoms.